The molecule has 2 aliphatic heterocycles. The van der Waals surface area contributed by atoms with Gasteiger partial charge in [0, 0.05) is 11.8 Å². The Morgan fingerprint density at radius 3 is 1.93 bits per heavy atom. The van der Waals surface area contributed by atoms with E-state index in [1.807, 2.05) is 6.92 Å². The lowest BCUT2D eigenvalue weighted by Crippen LogP contribution is -2.70. The number of rotatable bonds is 10. The summed E-state index contributed by atoms with van der Waals surface area (Å²) in [6.45, 7) is 15.7. The van der Waals surface area contributed by atoms with Crippen molar-refractivity contribution in [3.8, 4) is 0 Å². The van der Waals surface area contributed by atoms with E-state index in [1.165, 1.54) is 5.57 Å². The second-order valence-corrected chi connectivity index (χ2v) is 20.2. The molecule has 21 atom stereocenters. The van der Waals surface area contributed by atoms with E-state index in [4.69, 9.17) is 18.9 Å². The van der Waals surface area contributed by atoms with E-state index in [0.717, 1.165) is 32.1 Å². The standard InChI is InChI=1S/C42H72O14/c1-20(2)10-9-13-41(7,52)21-11-14-40(6)29(21)22(45)16-26-39(40,5)15-12-25-38(3,4)28(17-27(46)42(25,26)8)55-37-35(33(50)31(48)24(19-44)54-37)56-36-34(51)32(49)30(47)23(18-43)53-36/h10,21-37,43-52H,9,11-19H2,1-8H3/t21?,22?,23-,24-,25?,26?,27?,28?,29?,30-,31-,32+,33+,34-,35-,36+,37+,39?,40?,41?,42?/m1/s1. The van der Waals surface area contributed by atoms with Crippen molar-refractivity contribution in [3.63, 3.8) is 0 Å². The van der Waals surface area contributed by atoms with Gasteiger partial charge in [0.15, 0.2) is 12.6 Å². The van der Waals surface area contributed by atoms with E-state index in [1.54, 1.807) is 0 Å². The van der Waals surface area contributed by atoms with Gasteiger partial charge in [-0.3, -0.25) is 0 Å². The topological polar surface area (TPSA) is 239 Å². The quantitative estimate of drug-likeness (QED) is 0.110. The van der Waals surface area contributed by atoms with Crippen LogP contribution in [0.4, 0.5) is 0 Å². The Bertz CT molecular complexity index is 1400. The highest BCUT2D eigenvalue weighted by Gasteiger charge is 2.73. The Morgan fingerprint density at radius 2 is 1.32 bits per heavy atom. The molecular weight excluding hydrogens is 728 g/mol. The highest BCUT2D eigenvalue weighted by molar-refractivity contribution is 5.21. The van der Waals surface area contributed by atoms with E-state index >= 15 is 0 Å². The minimum atomic E-state index is -1.80. The lowest BCUT2D eigenvalue weighted by atomic mass is 9.34. The van der Waals surface area contributed by atoms with Gasteiger partial charge >= 0.3 is 0 Å². The van der Waals surface area contributed by atoms with E-state index in [-0.39, 0.29) is 40.9 Å². The first-order valence-corrected chi connectivity index (χ1v) is 21.0. The largest absolute Gasteiger partial charge is 0.394 e. The van der Waals surface area contributed by atoms with Gasteiger partial charge in [0.2, 0.25) is 0 Å². The maximum atomic E-state index is 12.4. The highest BCUT2D eigenvalue weighted by Crippen LogP contribution is 2.76. The van der Waals surface area contributed by atoms with Crippen LogP contribution in [0.15, 0.2) is 11.6 Å². The molecule has 0 spiro atoms. The van der Waals surface area contributed by atoms with Crippen molar-refractivity contribution in [1.29, 1.82) is 0 Å². The molecule has 0 aromatic heterocycles. The molecule has 4 saturated carbocycles. The first-order chi connectivity index (χ1) is 26.0. The second kappa shape index (κ2) is 15.9. The van der Waals surface area contributed by atoms with Crippen molar-refractivity contribution < 1.29 is 70.0 Å². The summed E-state index contributed by atoms with van der Waals surface area (Å²) in [4.78, 5) is 0. The normalized spacial score (nSPS) is 52.6. The SMILES string of the molecule is CC(C)=CCCC(C)(O)C1CCC2(C)C1C(O)CC1C3(C)C(O)CC(O[C@@H]4O[C@H](CO)[C@@H](O)[C@H](O)[C@H]4O[C@@H]4O[C@H](CO)[C@@H](O)[C@H](O)[C@H]4O)C(C)(C)C3CCC12C. The fourth-order valence-corrected chi connectivity index (χ4v) is 13.2. The molecule has 0 bridgehead atoms. The fraction of sp³-hybridized carbons (Fsp3) is 0.952. The molecule has 0 amide bonds. The second-order valence-electron chi connectivity index (χ2n) is 20.2. The zero-order valence-electron chi connectivity index (χ0n) is 34.6. The number of fused-ring (bicyclic) bond motifs is 5. The molecule has 0 radical (unpaired) electrons. The smallest absolute Gasteiger partial charge is 0.187 e. The molecule has 6 aliphatic rings. The van der Waals surface area contributed by atoms with Crippen LogP contribution in [-0.4, -0.2) is 150 Å². The molecule has 14 heteroatoms. The molecule has 4 aliphatic carbocycles. The Labute approximate surface area is 331 Å². The van der Waals surface area contributed by atoms with Gasteiger partial charge in [0.05, 0.1) is 37.1 Å². The van der Waals surface area contributed by atoms with Crippen LogP contribution in [0, 0.1) is 45.3 Å². The van der Waals surface area contributed by atoms with Gasteiger partial charge in [-0.25, -0.2) is 0 Å². The molecule has 56 heavy (non-hydrogen) atoms. The number of allylic oxidation sites excluding steroid dienone is 2. The van der Waals surface area contributed by atoms with Gasteiger partial charge in [-0.05, 0) is 106 Å². The molecular formula is C42H72O14. The molecule has 2 heterocycles. The fourth-order valence-electron chi connectivity index (χ4n) is 13.2. The minimum absolute atomic E-state index is 0.0430. The summed E-state index contributed by atoms with van der Waals surface area (Å²) in [6.07, 6.45) is -10.3. The van der Waals surface area contributed by atoms with Crippen molar-refractivity contribution in [2.45, 2.75) is 192 Å². The van der Waals surface area contributed by atoms with Crippen molar-refractivity contribution in [2.24, 2.45) is 45.3 Å². The number of aliphatic hydroxyl groups is 10. The summed E-state index contributed by atoms with van der Waals surface area (Å²) in [6, 6.07) is 0. The summed E-state index contributed by atoms with van der Waals surface area (Å²) >= 11 is 0. The third-order valence-corrected chi connectivity index (χ3v) is 16.7. The van der Waals surface area contributed by atoms with Crippen LogP contribution in [0.1, 0.15) is 107 Å². The molecule has 6 rings (SSSR count). The maximum Gasteiger partial charge on any atom is 0.187 e. The van der Waals surface area contributed by atoms with Crippen LogP contribution < -0.4 is 0 Å². The monoisotopic (exact) mass is 800 g/mol. The zero-order valence-corrected chi connectivity index (χ0v) is 34.6. The Morgan fingerprint density at radius 1 is 0.732 bits per heavy atom. The van der Waals surface area contributed by atoms with Crippen molar-refractivity contribution in [1.82, 2.24) is 0 Å². The van der Waals surface area contributed by atoms with Crippen LogP contribution in [-0.2, 0) is 18.9 Å². The molecule has 324 valence electrons. The number of hydrogen-bond donors (Lipinski definition) is 10. The highest BCUT2D eigenvalue weighted by atomic mass is 16.8. The lowest BCUT2D eigenvalue weighted by molar-refractivity contribution is -0.381. The van der Waals surface area contributed by atoms with Gasteiger partial charge in [0.1, 0.15) is 48.8 Å². The van der Waals surface area contributed by atoms with Crippen molar-refractivity contribution >= 4 is 0 Å². The van der Waals surface area contributed by atoms with Gasteiger partial charge in [0.25, 0.3) is 0 Å². The van der Waals surface area contributed by atoms with E-state index in [9.17, 15) is 51.1 Å². The first-order valence-electron chi connectivity index (χ1n) is 21.0. The van der Waals surface area contributed by atoms with Crippen LogP contribution in [0.5, 0.6) is 0 Å². The predicted octanol–water partition coefficient (Wildman–Crippen LogP) is 1.12. The number of hydrogen-bond acceptors (Lipinski definition) is 14. The Hall–Kier alpha value is -0.820. The third-order valence-electron chi connectivity index (χ3n) is 16.7. The predicted molar refractivity (Wildman–Crippen MR) is 202 cm³/mol. The van der Waals surface area contributed by atoms with E-state index < -0.39 is 109 Å². The number of aliphatic hydroxyl groups excluding tert-OH is 9. The van der Waals surface area contributed by atoms with Crippen LogP contribution in [0.2, 0.25) is 0 Å². The van der Waals surface area contributed by atoms with Crippen molar-refractivity contribution in [3.05, 3.63) is 11.6 Å². The molecule has 2 saturated heterocycles. The average Bonchev–Trinajstić information content (AvgIpc) is 3.51. The summed E-state index contributed by atoms with van der Waals surface area (Å²) in [5, 5.41) is 110. The number of ether oxygens (including phenoxy) is 4. The maximum absolute atomic E-state index is 12.4. The molecule has 0 aromatic rings. The van der Waals surface area contributed by atoms with Crippen LogP contribution >= 0.6 is 0 Å². The average molecular weight is 801 g/mol. The summed E-state index contributed by atoms with van der Waals surface area (Å²) < 4.78 is 24.2. The Balaban J connectivity index is 1.25. The summed E-state index contributed by atoms with van der Waals surface area (Å²) in [5.41, 5.74) is -1.46. The van der Waals surface area contributed by atoms with Gasteiger partial charge < -0.3 is 70.0 Å². The molecule has 0 aromatic carbocycles. The molecule has 11 unspecified atom stereocenters. The van der Waals surface area contributed by atoms with Crippen LogP contribution in [0.25, 0.3) is 0 Å². The van der Waals surface area contributed by atoms with Crippen molar-refractivity contribution in [2.75, 3.05) is 13.2 Å². The lowest BCUT2D eigenvalue weighted by Gasteiger charge is -2.71. The molecule has 14 nitrogen and oxygen atoms in total. The zero-order chi connectivity index (χ0) is 41.5. The first kappa shape index (κ1) is 44.7. The van der Waals surface area contributed by atoms with E-state index in [2.05, 4.69) is 54.5 Å². The van der Waals surface area contributed by atoms with Gasteiger partial charge in [-0.15, -0.1) is 0 Å². The van der Waals surface area contributed by atoms with E-state index in [0.29, 0.717) is 12.8 Å². The summed E-state index contributed by atoms with van der Waals surface area (Å²) in [5.74, 6) is -0.262. The Kier molecular flexibility index (Phi) is 12.7. The van der Waals surface area contributed by atoms with Crippen LogP contribution in [0.3, 0.4) is 0 Å². The minimum Gasteiger partial charge on any atom is -0.394 e. The third kappa shape index (κ3) is 7.06. The molecule has 10 N–H and O–H groups in total. The van der Waals surface area contributed by atoms with Gasteiger partial charge in [-0.1, -0.05) is 46.3 Å². The summed E-state index contributed by atoms with van der Waals surface area (Å²) in [7, 11) is 0. The van der Waals surface area contributed by atoms with Gasteiger partial charge in [-0.2, -0.15) is 0 Å². The molecule has 6 fully saturated rings.